The SMILES string of the molecule is CN=C(NCCC1=CCCCC1)NCc1ccc(F)c(COC)c1.I. The molecule has 0 unspecified atom stereocenters. The van der Waals surface area contributed by atoms with Gasteiger partial charge in [0.05, 0.1) is 6.61 Å². The Balaban J connectivity index is 0.00000312. The summed E-state index contributed by atoms with van der Waals surface area (Å²) in [6.07, 6.45) is 8.52. The molecule has 0 radical (unpaired) electrons. The van der Waals surface area contributed by atoms with Gasteiger partial charge in [0.1, 0.15) is 5.82 Å². The minimum atomic E-state index is -0.233. The van der Waals surface area contributed by atoms with E-state index in [-0.39, 0.29) is 36.4 Å². The Morgan fingerprint density at radius 2 is 2.12 bits per heavy atom. The molecule has 0 saturated carbocycles. The van der Waals surface area contributed by atoms with Crippen LogP contribution in [0.15, 0.2) is 34.8 Å². The molecule has 0 saturated heterocycles. The lowest BCUT2D eigenvalue weighted by Crippen LogP contribution is -2.37. The first-order valence-corrected chi connectivity index (χ1v) is 8.61. The standard InChI is InChI=1S/C19H28FN3O.HI/c1-21-19(22-11-10-15-6-4-3-5-7-15)23-13-16-8-9-18(20)17(12-16)14-24-2;/h6,8-9,12H,3-5,7,10-11,13-14H2,1-2H3,(H2,21,22,23);1H. The van der Waals surface area contributed by atoms with Crippen molar-refractivity contribution < 1.29 is 9.13 Å². The lowest BCUT2D eigenvalue weighted by molar-refractivity contribution is 0.181. The molecule has 1 aliphatic rings. The zero-order valence-corrected chi connectivity index (χ0v) is 17.4. The number of methoxy groups -OCH3 is 1. The van der Waals surface area contributed by atoms with E-state index in [9.17, 15) is 4.39 Å². The van der Waals surface area contributed by atoms with Crippen molar-refractivity contribution >= 4 is 29.9 Å². The summed E-state index contributed by atoms with van der Waals surface area (Å²) < 4.78 is 18.6. The highest BCUT2D eigenvalue weighted by molar-refractivity contribution is 14.0. The van der Waals surface area contributed by atoms with Gasteiger partial charge in [0.15, 0.2) is 5.96 Å². The van der Waals surface area contributed by atoms with E-state index >= 15 is 0 Å². The summed E-state index contributed by atoms with van der Waals surface area (Å²) in [4.78, 5) is 4.24. The zero-order chi connectivity index (χ0) is 17.2. The summed E-state index contributed by atoms with van der Waals surface area (Å²) in [5.41, 5.74) is 3.12. The average Bonchev–Trinajstić information content (AvgIpc) is 2.61. The van der Waals surface area contributed by atoms with E-state index in [1.165, 1.54) is 31.7 Å². The van der Waals surface area contributed by atoms with Crippen LogP contribution >= 0.6 is 24.0 Å². The smallest absolute Gasteiger partial charge is 0.191 e. The Kier molecular flexibility index (Phi) is 10.7. The van der Waals surface area contributed by atoms with Crippen LogP contribution < -0.4 is 10.6 Å². The second-order valence-electron chi connectivity index (χ2n) is 6.07. The molecule has 6 heteroatoms. The van der Waals surface area contributed by atoms with Crippen LogP contribution in [0.2, 0.25) is 0 Å². The number of rotatable bonds is 7. The van der Waals surface area contributed by atoms with E-state index in [0.717, 1.165) is 24.5 Å². The topological polar surface area (TPSA) is 45.7 Å². The zero-order valence-electron chi connectivity index (χ0n) is 15.1. The fourth-order valence-corrected chi connectivity index (χ4v) is 2.88. The van der Waals surface area contributed by atoms with Gasteiger partial charge in [-0.1, -0.05) is 17.7 Å². The van der Waals surface area contributed by atoms with Crippen LogP contribution in [0.3, 0.4) is 0 Å². The summed E-state index contributed by atoms with van der Waals surface area (Å²) in [6.45, 7) is 1.75. The molecule has 140 valence electrons. The number of ether oxygens (including phenoxy) is 1. The summed E-state index contributed by atoms with van der Waals surface area (Å²) in [7, 11) is 3.33. The quantitative estimate of drug-likeness (QED) is 0.278. The maximum atomic E-state index is 13.6. The first-order valence-electron chi connectivity index (χ1n) is 8.61. The average molecular weight is 461 g/mol. The van der Waals surface area contributed by atoms with Gasteiger partial charge in [-0.3, -0.25) is 4.99 Å². The van der Waals surface area contributed by atoms with Crippen LogP contribution in [0, 0.1) is 5.82 Å². The number of nitrogens with zero attached hydrogens (tertiary/aromatic N) is 1. The number of allylic oxidation sites excluding steroid dienone is 1. The number of aliphatic imine (C=N–C) groups is 1. The number of benzene rings is 1. The van der Waals surface area contributed by atoms with E-state index in [1.54, 1.807) is 25.8 Å². The Hall–Kier alpha value is -1.15. The van der Waals surface area contributed by atoms with Crippen LogP contribution in [0.1, 0.15) is 43.2 Å². The van der Waals surface area contributed by atoms with Crippen molar-refractivity contribution in [2.75, 3.05) is 20.7 Å². The van der Waals surface area contributed by atoms with E-state index in [0.29, 0.717) is 12.1 Å². The van der Waals surface area contributed by atoms with Crippen molar-refractivity contribution in [1.82, 2.24) is 10.6 Å². The van der Waals surface area contributed by atoms with Crippen molar-refractivity contribution in [2.45, 2.75) is 45.3 Å². The highest BCUT2D eigenvalue weighted by Crippen LogP contribution is 2.19. The van der Waals surface area contributed by atoms with E-state index in [1.807, 2.05) is 6.07 Å². The van der Waals surface area contributed by atoms with Gasteiger partial charge >= 0.3 is 0 Å². The minimum absolute atomic E-state index is 0. The third-order valence-electron chi connectivity index (χ3n) is 4.22. The molecular formula is C19H29FIN3O. The van der Waals surface area contributed by atoms with Crippen molar-refractivity contribution in [2.24, 2.45) is 4.99 Å². The molecule has 0 amide bonds. The first-order chi connectivity index (χ1) is 11.7. The second kappa shape index (κ2) is 12.2. The summed E-state index contributed by atoms with van der Waals surface area (Å²) in [6, 6.07) is 5.09. The Bertz CT molecular complexity index is 590. The predicted octanol–water partition coefficient (Wildman–Crippen LogP) is 4.15. The molecular weight excluding hydrogens is 432 g/mol. The minimum Gasteiger partial charge on any atom is -0.380 e. The molecule has 25 heavy (non-hydrogen) atoms. The lowest BCUT2D eigenvalue weighted by Gasteiger charge is -2.15. The highest BCUT2D eigenvalue weighted by atomic mass is 127. The predicted molar refractivity (Wildman–Crippen MR) is 112 cm³/mol. The molecule has 0 atom stereocenters. The number of nitrogens with one attached hydrogen (secondary N) is 2. The normalized spacial score (nSPS) is 14.5. The molecule has 2 rings (SSSR count). The first kappa shape index (κ1) is 21.9. The summed E-state index contributed by atoms with van der Waals surface area (Å²) >= 11 is 0. The van der Waals surface area contributed by atoms with Gasteiger partial charge in [-0.2, -0.15) is 0 Å². The van der Waals surface area contributed by atoms with E-state index in [4.69, 9.17) is 4.74 Å². The third kappa shape index (κ3) is 7.73. The maximum absolute atomic E-state index is 13.6. The monoisotopic (exact) mass is 461 g/mol. The van der Waals surface area contributed by atoms with E-state index in [2.05, 4.69) is 21.7 Å². The largest absolute Gasteiger partial charge is 0.380 e. The van der Waals surface area contributed by atoms with Crippen LogP contribution in [-0.2, 0) is 17.9 Å². The van der Waals surface area contributed by atoms with Crippen LogP contribution in [0.25, 0.3) is 0 Å². The second-order valence-corrected chi connectivity index (χ2v) is 6.07. The fraction of sp³-hybridized carbons (Fsp3) is 0.526. The van der Waals surface area contributed by atoms with Crippen molar-refractivity contribution in [1.29, 1.82) is 0 Å². The summed E-state index contributed by atoms with van der Waals surface area (Å²) in [5, 5.41) is 6.61. The molecule has 0 aliphatic heterocycles. The van der Waals surface area contributed by atoms with Crippen molar-refractivity contribution in [3.8, 4) is 0 Å². The third-order valence-corrected chi connectivity index (χ3v) is 4.22. The van der Waals surface area contributed by atoms with Crippen LogP contribution in [0.5, 0.6) is 0 Å². The Labute approximate surface area is 167 Å². The van der Waals surface area contributed by atoms with Crippen LogP contribution in [-0.4, -0.2) is 26.7 Å². The van der Waals surface area contributed by atoms with Gasteiger partial charge < -0.3 is 15.4 Å². The van der Waals surface area contributed by atoms with Crippen LogP contribution in [0.4, 0.5) is 4.39 Å². The number of hydrogen-bond donors (Lipinski definition) is 2. The molecule has 2 N–H and O–H groups in total. The molecule has 0 bridgehead atoms. The molecule has 0 aromatic heterocycles. The molecule has 1 aromatic carbocycles. The molecule has 1 aliphatic carbocycles. The number of guanidine groups is 1. The fourth-order valence-electron chi connectivity index (χ4n) is 2.88. The molecule has 0 spiro atoms. The van der Waals surface area contributed by atoms with Gasteiger partial charge in [0, 0.05) is 32.8 Å². The number of halogens is 2. The summed E-state index contributed by atoms with van der Waals surface area (Å²) in [5.74, 6) is 0.535. The molecule has 4 nitrogen and oxygen atoms in total. The van der Waals surface area contributed by atoms with Gasteiger partial charge in [0.25, 0.3) is 0 Å². The van der Waals surface area contributed by atoms with Gasteiger partial charge in [-0.15, -0.1) is 24.0 Å². The van der Waals surface area contributed by atoms with Gasteiger partial charge in [0.2, 0.25) is 0 Å². The van der Waals surface area contributed by atoms with Crippen molar-refractivity contribution in [3.63, 3.8) is 0 Å². The Morgan fingerprint density at radius 1 is 1.28 bits per heavy atom. The number of hydrogen-bond acceptors (Lipinski definition) is 2. The molecule has 0 fully saturated rings. The lowest BCUT2D eigenvalue weighted by atomic mass is 9.97. The van der Waals surface area contributed by atoms with Gasteiger partial charge in [-0.25, -0.2) is 4.39 Å². The van der Waals surface area contributed by atoms with Crippen molar-refractivity contribution in [3.05, 3.63) is 46.8 Å². The van der Waals surface area contributed by atoms with Gasteiger partial charge in [-0.05, 0) is 49.8 Å². The highest BCUT2D eigenvalue weighted by Gasteiger charge is 2.06. The Morgan fingerprint density at radius 3 is 2.80 bits per heavy atom. The van der Waals surface area contributed by atoms with E-state index < -0.39 is 0 Å². The molecule has 0 heterocycles. The maximum Gasteiger partial charge on any atom is 0.191 e. The molecule has 1 aromatic rings.